The smallest absolute Gasteiger partial charge is 0.191 e. The molecule has 6 heteroatoms. The molecule has 1 aromatic rings. The van der Waals surface area contributed by atoms with Crippen LogP contribution >= 0.6 is 24.0 Å². The predicted molar refractivity (Wildman–Crippen MR) is 125 cm³/mol. The molecule has 1 aromatic carbocycles. The molecule has 152 valence electrons. The molecular weight excluding hydrogens is 451 g/mol. The van der Waals surface area contributed by atoms with Crippen molar-refractivity contribution in [2.24, 2.45) is 4.99 Å². The van der Waals surface area contributed by atoms with Crippen LogP contribution in [0.5, 0.6) is 5.75 Å². The summed E-state index contributed by atoms with van der Waals surface area (Å²) in [4.78, 5) is 7.19. The van der Waals surface area contributed by atoms with E-state index in [-0.39, 0.29) is 30.1 Å². The third kappa shape index (κ3) is 9.46. The highest BCUT2D eigenvalue weighted by molar-refractivity contribution is 14.0. The number of ether oxygens (including phenoxy) is 1. The van der Waals surface area contributed by atoms with Crippen molar-refractivity contribution >= 4 is 29.9 Å². The molecule has 27 heavy (non-hydrogen) atoms. The third-order valence-corrected chi connectivity index (χ3v) is 4.35. The molecule has 1 unspecified atom stereocenters. The first kappa shape index (κ1) is 23.8. The molecule has 1 aliphatic rings. The summed E-state index contributed by atoms with van der Waals surface area (Å²) in [7, 11) is 0. The van der Waals surface area contributed by atoms with Crippen LogP contribution in [0.4, 0.5) is 0 Å². The SMILES string of the molecule is C=C(C)CN1CCC(NC(=NCC(C)Oc2ccccc2)NCC)CC1.I. The van der Waals surface area contributed by atoms with E-state index in [1.165, 1.54) is 5.57 Å². The topological polar surface area (TPSA) is 48.9 Å². The Morgan fingerprint density at radius 1 is 1.30 bits per heavy atom. The lowest BCUT2D eigenvalue weighted by atomic mass is 10.0. The number of guanidine groups is 1. The van der Waals surface area contributed by atoms with Crippen molar-refractivity contribution in [1.82, 2.24) is 15.5 Å². The van der Waals surface area contributed by atoms with Gasteiger partial charge in [0, 0.05) is 32.2 Å². The first-order chi connectivity index (χ1) is 12.6. The normalized spacial score (nSPS) is 16.9. The number of rotatable bonds is 8. The van der Waals surface area contributed by atoms with E-state index in [2.05, 4.69) is 42.9 Å². The summed E-state index contributed by atoms with van der Waals surface area (Å²) in [6.45, 7) is 15.0. The van der Waals surface area contributed by atoms with Gasteiger partial charge in [-0.15, -0.1) is 24.0 Å². The highest BCUT2D eigenvalue weighted by atomic mass is 127. The summed E-state index contributed by atoms with van der Waals surface area (Å²) in [6.07, 6.45) is 2.30. The third-order valence-electron chi connectivity index (χ3n) is 4.35. The van der Waals surface area contributed by atoms with Gasteiger partial charge in [-0.25, -0.2) is 4.99 Å². The van der Waals surface area contributed by atoms with Crippen molar-refractivity contribution in [3.05, 3.63) is 42.5 Å². The molecule has 5 nitrogen and oxygen atoms in total. The quantitative estimate of drug-likeness (QED) is 0.255. The highest BCUT2D eigenvalue weighted by Gasteiger charge is 2.19. The zero-order valence-electron chi connectivity index (χ0n) is 16.9. The van der Waals surface area contributed by atoms with Crippen LogP contribution in [0.25, 0.3) is 0 Å². The van der Waals surface area contributed by atoms with Gasteiger partial charge >= 0.3 is 0 Å². The van der Waals surface area contributed by atoms with E-state index in [1.807, 2.05) is 30.3 Å². The fraction of sp³-hybridized carbons (Fsp3) is 0.571. The summed E-state index contributed by atoms with van der Waals surface area (Å²) in [6, 6.07) is 10.4. The van der Waals surface area contributed by atoms with E-state index in [9.17, 15) is 0 Å². The average Bonchev–Trinajstić information content (AvgIpc) is 2.62. The van der Waals surface area contributed by atoms with Gasteiger partial charge in [0.15, 0.2) is 5.96 Å². The van der Waals surface area contributed by atoms with Crippen molar-refractivity contribution in [3.8, 4) is 5.75 Å². The Kier molecular flexibility index (Phi) is 11.4. The number of nitrogens with zero attached hydrogens (tertiary/aromatic N) is 2. The molecule has 0 radical (unpaired) electrons. The monoisotopic (exact) mass is 486 g/mol. The molecule has 0 aliphatic carbocycles. The summed E-state index contributed by atoms with van der Waals surface area (Å²) in [5.74, 6) is 1.77. The summed E-state index contributed by atoms with van der Waals surface area (Å²) in [5.41, 5.74) is 1.23. The van der Waals surface area contributed by atoms with Crippen molar-refractivity contribution in [1.29, 1.82) is 0 Å². The van der Waals surface area contributed by atoms with Crippen LogP contribution in [-0.4, -0.2) is 55.7 Å². The lowest BCUT2D eigenvalue weighted by molar-refractivity contribution is 0.220. The maximum Gasteiger partial charge on any atom is 0.191 e. The van der Waals surface area contributed by atoms with Crippen LogP contribution in [0.3, 0.4) is 0 Å². The maximum absolute atomic E-state index is 5.91. The second-order valence-electron chi connectivity index (χ2n) is 7.11. The number of likely N-dealkylation sites (tertiary alicyclic amines) is 1. The first-order valence-electron chi connectivity index (χ1n) is 9.70. The number of benzene rings is 1. The van der Waals surface area contributed by atoms with Gasteiger partial charge < -0.3 is 15.4 Å². The number of para-hydroxylation sites is 1. The average molecular weight is 486 g/mol. The fourth-order valence-electron chi connectivity index (χ4n) is 3.12. The number of halogens is 1. The Hall–Kier alpha value is -1.28. The number of nitrogens with one attached hydrogen (secondary N) is 2. The molecule has 0 amide bonds. The van der Waals surface area contributed by atoms with Gasteiger partial charge in [-0.1, -0.05) is 30.4 Å². The first-order valence-corrected chi connectivity index (χ1v) is 9.70. The minimum absolute atomic E-state index is 0. The van der Waals surface area contributed by atoms with Crippen molar-refractivity contribution in [2.75, 3.05) is 32.7 Å². The summed E-state index contributed by atoms with van der Waals surface area (Å²) in [5, 5.41) is 6.93. The minimum Gasteiger partial charge on any atom is -0.489 e. The molecule has 1 atom stereocenters. The van der Waals surface area contributed by atoms with E-state index in [4.69, 9.17) is 9.73 Å². The predicted octanol–water partition coefficient (Wildman–Crippen LogP) is 3.67. The zero-order chi connectivity index (χ0) is 18.8. The van der Waals surface area contributed by atoms with Gasteiger partial charge in [-0.05, 0) is 45.7 Å². The lowest BCUT2D eigenvalue weighted by Gasteiger charge is -2.33. The molecule has 0 spiro atoms. The van der Waals surface area contributed by atoms with Crippen LogP contribution in [0.1, 0.15) is 33.6 Å². The summed E-state index contributed by atoms with van der Waals surface area (Å²) >= 11 is 0. The van der Waals surface area contributed by atoms with Gasteiger partial charge in [0.2, 0.25) is 0 Å². The maximum atomic E-state index is 5.91. The van der Waals surface area contributed by atoms with E-state index in [0.29, 0.717) is 12.6 Å². The second kappa shape index (κ2) is 13.0. The number of piperidine rings is 1. The Labute approximate surface area is 181 Å². The van der Waals surface area contributed by atoms with Crippen molar-refractivity contribution in [2.45, 2.75) is 45.8 Å². The van der Waals surface area contributed by atoms with Gasteiger partial charge in [-0.2, -0.15) is 0 Å². The van der Waals surface area contributed by atoms with Crippen LogP contribution < -0.4 is 15.4 Å². The molecule has 2 rings (SSSR count). The van der Waals surface area contributed by atoms with E-state index in [0.717, 1.165) is 50.7 Å². The lowest BCUT2D eigenvalue weighted by Crippen LogP contribution is -2.49. The van der Waals surface area contributed by atoms with Crippen molar-refractivity contribution < 1.29 is 4.74 Å². The summed E-state index contributed by atoms with van der Waals surface area (Å²) < 4.78 is 5.91. The number of aliphatic imine (C=N–C) groups is 1. The van der Waals surface area contributed by atoms with Crippen molar-refractivity contribution in [3.63, 3.8) is 0 Å². The minimum atomic E-state index is 0. The van der Waals surface area contributed by atoms with Crippen LogP contribution in [0, 0.1) is 0 Å². The Balaban J connectivity index is 0.00000364. The standard InChI is InChI=1S/C21H34N4O.HI/c1-5-22-21(23-15-18(4)26-20-9-7-6-8-10-20)24-19-11-13-25(14-12-19)16-17(2)3;/h6-10,18-19H,2,5,11-16H2,1,3-4H3,(H2,22,23,24);1H. The zero-order valence-corrected chi connectivity index (χ0v) is 19.2. The number of hydrogen-bond acceptors (Lipinski definition) is 3. The molecule has 0 saturated carbocycles. The van der Waals surface area contributed by atoms with Gasteiger partial charge in [-0.3, -0.25) is 4.90 Å². The fourth-order valence-corrected chi connectivity index (χ4v) is 3.12. The largest absolute Gasteiger partial charge is 0.489 e. The van der Waals surface area contributed by atoms with Crippen LogP contribution in [-0.2, 0) is 0 Å². The molecule has 2 N–H and O–H groups in total. The molecule has 1 aliphatic heterocycles. The molecule has 0 aromatic heterocycles. The Morgan fingerprint density at radius 3 is 2.56 bits per heavy atom. The van der Waals surface area contributed by atoms with E-state index < -0.39 is 0 Å². The molecule has 1 saturated heterocycles. The number of hydrogen-bond donors (Lipinski definition) is 2. The molecule has 1 heterocycles. The van der Waals surface area contributed by atoms with E-state index in [1.54, 1.807) is 0 Å². The molecule has 0 bridgehead atoms. The Bertz CT molecular complexity index is 571. The molecule has 1 fully saturated rings. The van der Waals surface area contributed by atoms with Crippen LogP contribution in [0.2, 0.25) is 0 Å². The highest BCUT2D eigenvalue weighted by Crippen LogP contribution is 2.12. The van der Waals surface area contributed by atoms with E-state index >= 15 is 0 Å². The van der Waals surface area contributed by atoms with Crippen LogP contribution in [0.15, 0.2) is 47.5 Å². The van der Waals surface area contributed by atoms with Gasteiger partial charge in [0.05, 0.1) is 6.54 Å². The van der Waals surface area contributed by atoms with Gasteiger partial charge in [0.1, 0.15) is 11.9 Å². The Morgan fingerprint density at radius 2 is 1.96 bits per heavy atom. The van der Waals surface area contributed by atoms with Gasteiger partial charge in [0.25, 0.3) is 0 Å². The second-order valence-corrected chi connectivity index (χ2v) is 7.11. The molecular formula is C21H35IN4O.